The number of fused-ring (bicyclic) bond motifs is 3. The summed E-state index contributed by atoms with van der Waals surface area (Å²) in [6.45, 7) is -3.00. The van der Waals surface area contributed by atoms with Crippen molar-refractivity contribution in [2.75, 3.05) is 6.26 Å². The molecule has 1 heterocycles. The normalized spacial score (nSPS) is 17.7. The van der Waals surface area contributed by atoms with Gasteiger partial charge in [0.2, 0.25) is 0 Å². The van der Waals surface area contributed by atoms with E-state index in [-0.39, 0.29) is 22.6 Å². The van der Waals surface area contributed by atoms with Gasteiger partial charge in [0, 0.05) is 34.9 Å². The predicted molar refractivity (Wildman–Crippen MR) is 124 cm³/mol. The number of nitrogens with zero attached hydrogens (tertiary/aromatic N) is 1. The Balaban J connectivity index is 1.62. The molecule has 0 saturated carbocycles. The van der Waals surface area contributed by atoms with Crippen LogP contribution in [-0.2, 0) is 9.84 Å². The molecule has 0 saturated heterocycles. The van der Waals surface area contributed by atoms with Gasteiger partial charge in [-0.3, -0.25) is 0 Å². The molecule has 0 aromatic heterocycles. The van der Waals surface area contributed by atoms with Crippen LogP contribution in [0.4, 0.5) is 13.2 Å². The first-order valence-electron chi connectivity index (χ1n) is 10.8. The Labute approximate surface area is 200 Å². The average Bonchev–Trinajstić information content (AvgIpc) is 3.25. The molecule has 0 spiro atoms. The zero-order valence-corrected chi connectivity index (χ0v) is 19.3. The van der Waals surface area contributed by atoms with Gasteiger partial charge in [-0.1, -0.05) is 42.5 Å². The van der Waals surface area contributed by atoms with Gasteiger partial charge in [-0.2, -0.15) is 8.78 Å². The molecular weight excluding hydrogens is 479 g/mol. The summed E-state index contributed by atoms with van der Waals surface area (Å²) in [5.41, 5.74) is 3.16. The minimum absolute atomic E-state index is 0.0139. The van der Waals surface area contributed by atoms with Crippen LogP contribution in [0.15, 0.2) is 71.6 Å². The van der Waals surface area contributed by atoms with Crippen LogP contribution in [0.1, 0.15) is 35.3 Å². The fraction of sp³-hybridized carbons (Fsp3) is 0.192. The largest absolute Gasteiger partial charge is 0.435 e. The van der Waals surface area contributed by atoms with Crippen LogP contribution in [-0.4, -0.2) is 31.4 Å². The monoisotopic (exact) mass is 499 g/mol. The molecule has 3 aliphatic rings. The molecule has 5 nitrogen and oxygen atoms in total. The summed E-state index contributed by atoms with van der Waals surface area (Å²) in [6, 6.07) is 16.8. The van der Waals surface area contributed by atoms with E-state index in [0.717, 1.165) is 6.26 Å². The Morgan fingerprint density at radius 1 is 1.03 bits per heavy atom. The number of rotatable bonds is 5. The number of para-hydroxylation sites is 1. The number of hydrogen-bond acceptors (Lipinski definition) is 5. The maximum absolute atomic E-state index is 15.2. The van der Waals surface area contributed by atoms with E-state index in [9.17, 15) is 22.3 Å². The van der Waals surface area contributed by atoms with Crippen LogP contribution in [0.2, 0.25) is 0 Å². The molecule has 1 N–H and O–H groups in total. The zero-order chi connectivity index (χ0) is 24.9. The van der Waals surface area contributed by atoms with E-state index in [1.54, 1.807) is 30.3 Å². The molecule has 1 aliphatic heterocycles. The smallest absolute Gasteiger partial charge is 0.387 e. The highest BCUT2D eigenvalue weighted by molar-refractivity contribution is 7.90. The topological polar surface area (TPSA) is 76.5 Å². The van der Waals surface area contributed by atoms with Crippen LogP contribution in [0.25, 0.3) is 22.4 Å². The van der Waals surface area contributed by atoms with Crippen molar-refractivity contribution in [1.82, 2.24) is 4.98 Å². The summed E-state index contributed by atoms with van der Waals surface area (Å²) in [4.78, 5) is 4.59. The first kappa shape index (κ1) is 23.3. The SMILES string of the molecule is CS(=O)(=O)c1ccc(-c2ccc3c4c(nc-3cc2F)C(O)CC4c2ccccc2OC(F)F)cc1. The lowest BCUT2D eigenvalue weighted by Gasteiger charge is -2.17. The van der Waals surface area contributed by atoms with Gasteiger partial charge >= 0.3 is 6.61 Å². The van der Waals surface area contributed by atoms with Crippen molar-refractivity contribution >= 4 is 9.84 Å². The van der Waals surface area contributed by atoms with E-state index in [0.29, 0.717) is 33.6 Å². The third kappa shape index (κ3) is 4.26. The van der Waals surface area contributed by atoms with Gasteiger partial charge in [0.15, 0.2) is 9.84 Å². The summed E-state index contributed by atoms with van der Waals surface area (Å²) in [7, 11) is -3.39. The van der Waals surface area contributed by atoms with Gasteiger partial charge in [0.1, 0.15) is 11.6 Å². The highest BCUT2D eigenvalue weighted by Crippen LogP contribution is 2.51. The number of aliphatic hydroxyl groups excluding tert-OH is 1. The second-order valence-electron chi connectivity index (χ2n) is 8.47. The first-order chi connectivity index (χ1) is 16.6. The molecule has 2 atom stereocenters. The Bertz CT molecular complexity index is 1490. The zero-order valence-electron chi connectivity index (χ0n) is 18.5. The van der Waals surface area contributed by atoms with Crippen molar-refractivity contribution in [2.45, 2.75) is 29.9 Å². The van der Waals surface area contributed by atoms with Gasteiger partial charge in [-0.15, -0.1) is 0 Å². The standard InChI is InChI=1S/C26H20F3NO4S/c1-35(32,33)15-8-6-14(7-9-15)16-10-11-18-21(13-20(16)27)30-25-22(31)12-19(24(18)25)17-4-2-3-5-23(17)34-26(28)29/h2-11,13,19,22,26,31H,12H2,1H3. The van der Waals surface area contributed by atoms with E-state index in [1.165, 1.54) is 36.4 Å². The molecule has 2 unspecified atom stereocenters. The highest BCUT2D eigenvalue weighted by atomic mass is 32.2. The second kappa shape index (κ2) is 8.66. The van der Waals surface area contributed by atoms with E-state index in [4.69, 9.17) is 4.74 Å². The van der Waals surface area contributed by atoms with Crippen LogP contribution in [0.5, 0.6) is 5.75 Å². The Hall–Kier alpha value is -3.43. The van der Waals surface area contributed by atoms with Gasteiger partial charge in [-0.05, 0) is 35.7 Å². The summed E-state index contributed by atoms with van der Waals surface area (Å²) in [6.07, 6.45) is 0.399. The molecule has 180 valence electrons. The first-order valence-corrected chi connectivity index (χ1v) is 12.7. The molecule has 2 aromatic rings. The predicted octanol–water partition coefficient (Wildman–Crippen LogP) is 5.57. The fourth-order valence-corrected chi connectivity index (χ4v) is 5.33. The quantitative estimate of drug-likeness (QED) is 0.389. The molecule has 2 aromatic carbocycles. The second-order valence-corrected chi connectivity index (χ2v) is 10.5. The molecule has 5 rings (SSSR count). The van der Waals surface area contributed by atoms with Gasteiger partial charge in [0.05, 0.1) is 22.4 Å². The number of alkyl halides is 2. The Morgan fingerprint density at radius 2 is 1.71 bits per heavy atom. The molecule has 0 amide bonds. The van der Waals surface area contributed by atoms with Crippen LogP contribution in [0, 0.1) is 5.82 Å². The number of benzene rings is 2. The summed E-state index contributed by atoms with van der Waals surface area (Å²) in [5, 5.41) is 10.6. The molecule has 0 radical (unpaired) electrons. The van der Waals surface area contributed by atoms with E-state index in [2.05, 4.69) is 4.98 Å². The third-order valence-corrected chi connectivity index (χ3v) is 7.38. The van der Waals surface area contributed by atoms with Gasteiger partial charge < -0.3 is 9.84 Å². The van der Waals surface area contributed by atoms with Crippen molar-refractivity contribution in [3.05, 3.63) is 89.4 Å². The number of sulfone groups is 1. The Kier molecular flexibility index (Phi) is 5.77. The van der Waals surface area contributed by atoms with Crippen molar-refractivity contribution in [3.8, 4) is 28.1 Å². The van der Waals surface area contributed by atoms with Gasteiger partial charge in [0.25, 0.3) is 0 Å². The minimum Gasteiger partial charge on any atom is -0.435 e. The van der Waals surface area contributed by atoms with Crippen molar-refractivity contribution in [3.63, 3.8) is 0 Å². The minimum atomic E-state index is -3.39. The number of hydrogen-bond donors (Lipinski definition) is 1. The Morgan fingerprint density at radius 3 is 2.40 bits per heavy atom. The lowest BCUT2D eigenvalue weighted by Crippen LogP contribution is -2.07. The van der Waals surface area contributed by atoms with E-state index in [1.807, 2.05) is 0 Å². The molecule has 35 heavy (non-hydrogen) atoms. The highest BCUT2D eigenvalue weighted by Gasteiger charge is 2.38. The fourth-order valence-electron chi connectivity index (χ4n) is 4.70. The maximum atomic E-state index is 15.2. The van der Waals surface area contributed by atoms with E-state index < -0.39 is 34.3 Å². The summed E-state index contributed by atoms with van der Waals surface area (Å²) < 4.78 is 69.4. The average molecular weight is 500 g/mol. The maximum Gasteiger partial charge on any atom is 0.387 e. The van der Waals surface area contributed by atoms with Gasteiger partial charge in [-0.25, -0.2) is 17.8 Å². The van der Waals surface area contributed by atoms with Crippen molar-refractivity contribution in [2.24, 2.45) is 0 Å². The van der Waals surface area contributed by atoms with Crippen LogP contribution in [0.3, 0.4) is 0 Å². The lowest BCUT2D eigenvalue weighted by molar-refractivity contribution is -0.0505. The molecule has 0 bridgehead atoms. The lowest BCUT2D eigenvalue weighted by atomic mass is 9.90. The number of ether oxygens (including phenoxy) is 1. The number of halogens is 3. The van der Waals surface area contributed by atoms with Crippen LogP contribution < -0.4 is 4.74 Å². The molecular formula is C26H20F3NO4S. The van der Waals surface area contributed by atoms with Crippen molar-refractivity contribution in [1.29, 1.82) is 0 Å². The molecule has 9 heteroatoms. The molecule has 2 aliphatic carbocycles. The van der Waals surface area contributed by atoms with E-state index >= 15 is 4.39 Å². The summed E-state index contributed by atoms with van der Waals surface area (Å²) >= 11 is 0. The van der Waals surface area contributed by atoms with Crippen molar-refractivity contribution < 1.29 is 31.4 Å². The molecule has 0 fully saturated rings. The number of aliphatic hydroxyl groups is 1. The number of aromatic nitrogens is 1. The van der Waals surface area contributed by atoms with Crippen LogP contribution >= 0.6 is 0 Å². The third-order valence-electron chi connectivity index (χ3n) is 6.25. The summed E-state index contributed by atoms with van der Waals surface area (Å²) in [5.74, 6) is -1.03.